The summed E-state index contributed by atoms with van der Waals surface area (Å²) in [5.74, 6) is -0.283. The topological polar surface area (TPSA) is 111 Å². The standard InChI is InChI=1S/C26H29ClN4O4S/c27-21-16-28-24-15-18(9-12-20(21)24)26(33)30-23-6-2-1-5-22(23)29-25(32)17-7-10-19(11-8-17)31-13-3-4-14-36(31,34)35/h7-12,15-16,22-23,28H,1-6,13-14H2,(H,29,32)(H,30,33)/t22-,23+/m0/s1. The zero-order valence-corrected chi connectivity index (χ0v) is 21.4. The van der Waals surface area contributed by atoms with Crippen molar-refractivity contribution in [3.05, 3.63) is 64.8 Å². The van der Waals surface area contributed by atoms with Gasteiger partial charge in [-0.15, -0.1) is 0 Å². The van der Waals surface area contributed by atoms with Gasteiger partial charge in [-0.1, -0.05) is 30.5 Å². The largest absolute Gasteiger partial charge is 0.360 e. The molecule has 2 aliphatic rings. The summed E-state index contributed by atoms with van der Waals surface area (Å²) in [4.78, 5) is 29.0. The molecule has 36 heavy (non-hydrogen) atoms. The second-order valence-corrected chi connectivity index (χ2v) is 11.9. The molecule has 1 aliphatic heterocycles. The molecule has 3 aromatic rings. The first-order chi connectivity index (χ1) is 17.3. The second kappa shape index (κ2) is 10.1. The first-order valence-corrected chi connectivity index (χ1v) is 14.3. The smallest absolute Gasteiger partial charge is 0.251 e. The number of aromatic nitrogens is 1. The van der Waals surface area contributed by atoms with Crippen molar-refractivity contribution in [2.75, 3.05) is 16.6 Å². The van der Waals surface area contributed by atoms with E-state index in [1.807, 2.05) is 6.07 Å². The summed E-state index contributed by atoms with van der Waals surface area (Å²) < 4.78 is 26.1. The van der Waals surface area contributed by atoms with Crippen LogP contribution in [-0.4, -0.2) is 49.6 Å². The number of aromatic amines is 1. The molecule has 8 nitrogen and oxygen atoms in total. The maximum atomic E-state index is 13.0. The van der Waals surface area contributed by atoms with Gasteiger partial charge < -0.3 is 15.6 Å². The summed E-state index contributed by atoms with van der Waals surface area (Å²) in [5.41, 5.74) is 2.36. The molecule has 10 heteroatoms. The number of H-pyrrole nitrogens is 1. The molecule has 3 N–H and O–H groups in total. The summed E-state index contributed by atoms with van der Waals surface area (Å²) in [6, 6.07) is 11.6. The lowest BCUT2D eigenvalue weighted by Gasteiger charge is -2.33. The van der Waals surface area contributed by atoms with Gasteiger partial charge in [0.15, 0.2) is 0 Å². The fraction of sp³-hybridized carbons (Fsp3) is 0.385. The summed E-state index contributed by atoms with van der Waals surface area (Å²) in [6.07, 6.45) is 6.68. The van der Waals surface area contributed by atoms with Crippen molar-refractivity contribution < 1.29 is 18.0 Å². The average Bonchev–Trinajstić information content (AvgIpc) is 3.25. The van der Waals surface area contributed by atoms with E-state index in [1.54, 1.807) is 42.6 Å². The minimum Gasteiger partial charge on any atom is -0.360 e. The van der Waals surface area contributed by atoms with Gasteiger partial charge in [0.25, 0.3) is 11.8 Å². The van der Waals surface area contributed by atoms with Crippen LogP contribution in [0.1, 0.15) is 59.2 Å². The van der Waals surface area contributed by atoms with E-state index in [9.17, 15) is 18.0 Å². The monoisotopic (exact) mass is 528 g/mol. The van der Waals surface area contributed by atoms with Crippen LogP contribution in [0.25, 0.3) is 10.9 Å². The van der Waals surface area contributed by atoms with Crippen LogP contribution in [-0.2, 0) is 10.0 Å². The van der Waals surface area contributed by atoms with Gasteiger partial charge in [0.1, 0.15) is 0 Å². The molecule has 1 saturated heterocycles. The summed E-state index contributed by atoms with van der Waals surface area (Å²) in [5, 5.41) is 7.65. The molecule has 0 bridgehead atoms. The minimum absolute atomic E-state index is 0.149. The second-order valence-electron chi connectivity index (χ2n) is 9.48. The Bertz CT molecular complexity index is 1390. The maximum absolute atomic E-state index is 13.0. The zero-order valence-electron chi connectivity index (χ0n) is 19.8. The maximum Gasteiger partial charge on any atom is 0.251 e. The van der Waals surface area contributed by atoms with Gasteiger partial charge in [0.05, 0.1) is 16.5 Å². The Kier molecular flexibility index (Phi) is 6.94. The fourth-order valence-electron chi connectivity index (χ4n) is 5.07. The number of hydrogen-bond donors (Lipinski definition) is 3. The number of rotatable bonds is 5. The van der Waals surface area contributed by atoms with Crippen LogP contribution in [0.5, 0.6) is 0 Å². The molecule has 5 rings (SSSR count). The number of sulfonamides is 1. The molecular weight excluding hydrogens is 500 g/mol. The fourth-order valence-corrected chi connectivity index (χ4v) is 6.93. The van der Waals surface area contributed by atoms with E-state index in [4.69, 9.17) is 11.6 Å². The Hall–Kier alpha value is -3.04. The van der Waals surface area contributed by atoms with Crippen molar-refractivity contribution in [2.45, 2.75) is 50.6 Å². The van der Waals surface area contributed by atoms with Gasteiger partial charge >= 0.3 is 0 Å². The molecule has 2 amide bonds. The van der Waals surface area contributed by atoms with Gasteiger partial charge in [-0.25, -0.2) is 8.42 Å². The Balaban J connectivity index is 1.25. The van der Waals surface area contributed by atoms with Crippen molar-refractivity contribution in [1.29, 1.82) is 0 Å². The molecule has 2 atom stereocenters. The van der Waals surface area contributed by atoms with Gasteiger partial charge in [0, 0.05) is 46.9 Å². The molecule has 0 radical (unpaired) electrons. The van der Waals surface area contributed by atoms with Crippen molar-refractivity contribution >= 4 is 50.0 Å². The van der Waals surface area contributed by atoms with Crippen molar-refractivity contribution in [1.82, 2.24) is 15.6 Å². The number of carbonyl (C=O) groups excluding carboxylic acids is 2. The highest BCUT2D eigenvalue weighted by Crippen LogP contribution is 2.26. The number of amides is 2. The first kappa shape index (κ1) is 24.6. The lowest BCUT2D eigenvalue weighted by Crippen LogP contribution is -2.53. The highest BCUT2D eigenvalue weighted by molar-refractivity contribution is 7.92. The van der Waals surface area contributed by atoms with Crippen LogP contribution in [0.3, 0.4) is 0 Å². The van der Waals surface area contributed by atoms with Crippen LogP contribution >= 0.6 is 11.6 Å². The van der Waals surface area contributed by atoms with Gasteiger partial charge in [-0.3, -0.25) is 13.9 Å². The van der Waals surface area contributed by atoms with Gasteiger partial charge in [-0.05, 0) is 62.1 Å². The normalized spacial score (nSPS) is 21.8. The van der Waals surface area contributed by atoms with E-state index in [-0.39, 0.29) is 29.7 Å². The number of anilines is 1. The number of fused-ring (bicyclic) bond motifs is 1. The van der Waals surface area contributed by atoms with Crippen LogP contribution in [0, 0.1) is 0 Å². The highest BCUT2D eigenvalue weighted by Gasteiger charge is 2.29. The number of nitrogens with one attached hydrogen (secondary N) is 3. The lowest BCUT2D eigenvalue weighted by molar-refractivity contribution is 0.0863. The Morgan fingerprint density at radius 1 is 0.889 bits per heavy atom. The Labute approximate surface area is 215 Å². The molecule has 2 fully saturated rings. The lowest BCUT2D eigenvalue weighted by atomic mass is 9.89. The number of hydrogen-bond acceptors (Lipinski definition) is 4. The van der Waals surface area contributed by atoms with E-state index in [0.29, 0.717) is 34.8 Å². The van der Waals surface area contributed by atoms with Crippen LogP contribution in [0.2, 0.25) is 5.02 Å². The van der Waals surface area contributed by atoms with E-state index >= 15 is 0 Å². The third kappa shape index (κ3) is 5.08. The van der Waals surface area contributed by atoms with Crippen LogP contribution < -0.4 is 14.9 Å². The molecule has 0 spiro atoms. The molecule has 2 aromatic carbocycles. The third-order valence-electron chi connectivity index (χ3n) is 7.06. The minimum atomic E-state index is -3.30. The molecule has 1 aliphatic carbocycles. The molecular formula is C26H29ClN4O4S. The number of benzene rings is 2. The third-order valence-corrected chi connectivity index (χ3v) is 9.24. The number of carbonyl (C=O) groups is 2. The van der Waals surface area contributed by atoms with Crippen LogP contribution in [0.15, 0.2) is 48.7 Å². The van der Waals surface area contributed by atoms with E-state index in [2.05, 4.69) is 15.6 Å². The molecule has 0 unspecified atom stereocenters. The van der Waals surface area contributed by atoms with E-state index in [0.717, 1.165) is 43.0 Å². The molecule has 2 heterocycles. The predicted molar refractivity (Wildman–Crippen MR) is 141 cm³/mol. The molecule has 1 saturated carbocycles. The number of halogens is 1. The van der Waals surface area contributed by atoms with Gasteiger partial charge in [0.2, 0.25) is 10.0 Å². The van der Waals surface area contributed by atoms with Crippen LogP contribution in [0.4, 0.5) is 5.69 Å². The van der Waals surface area contributed by atoms with E-state index in [1.165, 1.54) is 4.31 Å². The van der Waals surface area contributed by atoms with Crippen molar-refractivity contribution in [3.8, 4) is 0 Å². The average molecular weight is 529 g/mol. The Morgan fingerprint density at radius 2 is 1.53 bits per heavy atom. The zero-order chi connectivity index (χ0) is 25.3. The molecule has 190 valence electrons. The Morgan fingerprint density at radius 3 is 2.19 bits per heavy atom. The predicted octanol–water partition coefficient (Wildman–Crippen LogP) is 4.22. The van der Waals surface area contributed by atoms with Crippen molar-refractivity contribution in [2.24, 2.45) is 0 Å². The summed E-state index contributed by atoms with van der Waals surface area (Å²) in [6.45, 7) is 0.459. The van der Waals surface area contributed by atoms with E-state index < -0.39 is 10.0 Å². The summed E-state index contributed by atoms with van der Waals surface area (Å²) >= 11 is 6.14. The quantitative estimate of drug-likeness (QED) is 0.460. The van der Waals surface area contributed by atoms with Gasteiger partial charge in [-0.2, -0.15) is 0 Å². The number of nitrogens with zero attached hydrogens (tertiary/aromatic N) is 1. The molecule has 1 aromatic heterocycles. The SMILES string of the molecule is O=C(N[C@H]1CCCC[C@H]1NC(=O)c1ccc2c(Cl)c[nH]c2c1)c1ccc(N2CCCCS2(=O)=O)cc1. The highest BCUT2D eigenvalue weighted by atomic mass is 35.5. The first-order valence-electron chi connectivity index (χ1n) is 12.3. The van der Waals surface area contributed by atoms with Crippen molar-refractivity contribution in [3.63, 3.8) is 0 Å². The summed E-state index contributed by atoms with van der Waals surface area (Å²) in [7, 11) is -3.30.